The van der Waals surface area contributed by atoms with E-state index in [0.29, 0.717) is 51.7 Å². The Balaban J connectivity index is 1.45. The van der Waals surface area contributed by atoms with Crippen LogP contribution in [0.1, 0.15) is 52.7 Å². The van der Waals surface area contributed by atoms with E-state index < -0.39 is 42.7 Å². The summed E-state index contributed by atoms with van der Waals surface area (Å²) in [6.45, 7) is 10.5. The first-order chi connectivity index (χ1) is 25.6. The molecule has 0 saturated heterocycles. The Morgan fingerprint density at radius 1 is 0.519 bits per heavy atom. The van der Waals surface area contributed by atoms with E-state index >= 15 is 22.4 Å². The summed E-state index contributed by atoms with van der Waals surface area (Å²) < 4.78 is 67.7. The lowest BCUT2D eigenvalue weighted by atomic mass is 9.33. The minimum Gasteiger partial charge on any atom is -0.262 e. The van der Waals surface area contributed by atoms with Gasteiger partial charge in [0, 0.05) is 16.8 Å². The smallest absolute Gasteiger partial charge is 0.262 e. The monoisotopic (exact) mass is 720 g/mol. The normalized spacial score (nSPS) is 14.5. The average Bonchev–Trinajstić information content (AvgIpc) is 3.08. The van der Waals surface area contributed by atoms with Gasteiger partial charge in [0.2, 0.25) is 0 Å². The predicted molar refractivity (Wildman–Crippen MR) is 215 cm³/mol. The first-order valence-electron chi connectivity index (χ1n) is 18.5. The number of urea groups is 1. The van der Waals surface area contributed by atoms with Crippen molar-refractivity contribution in [2.24, 2.45) is 10.8 Å². The number of rotatable bonds is 4. The highest BCUT2D eigenvalue weighted by Crippen LogP contribution is 2.49. The maximum Gasteiger partial charge on any atom is 0.338 e. The van der Waals surface area contributed by atoms with Crippen LogP contribution in [0.15, 0.2) is 97.1 Å². The molecule has 0 N–H and O–H groups in total. The van der Waals surface area contributed by atoms with Crippen LogP contribution in [0.25, 0.3) is 10.8 Å². The van der Waals surface area contributed by atoms with Crippen molar-refractivity contribution in [2.45, 2.75) is 54.4 Å². The molecular weight excluding hydrogens is 682 g/mol. The minimum atomic E-state index is -0.905. The van der Waals surface area contributed by atoms with Crippen LogP contribution < -0.4 is 42.6 Å². The Morgan fingerprint density at radius 2 is 0.889 bits per heavy atom. The van der Waals surface area contributed by atoms with Crippen LogP contribution >= 0.6 is 0 Å². The van der Waals surface area contributed by atoms with Crippen molar-refractivity contribution in [2.75, 3.05) is 9.80 Å². The lowest BCUT2D eigenvalue weighted by Crippen LogP contribution is -2.66. The number of halogens is 4. The van der Waals surface area contributed by atoms with E-state index in [-0.39, 0.29) is 49.4 Å². The number of hydrogen-bond acceptors (Lipinski definition) is 1. The quantitative estimate of drug-likeness (QED) is 0.136. The number of nitrogens with zero attached hydrogens (tertiary/aromatic N) is 2. The Hall–Kier alpha value is -5.30. The van der Waals surface area contributed by atoms with Gasteiger partial charge in [0.15, 0.2) is 0 Å². The van der Waals surface area contributed by atoms with Gasteiger partial charge in [-0.2, -0.15) is 0 Å². The standard InChI is InChI=1S/C45H38B2F4N2O/c1-44(2,3)23-25-17-30(48)37-34(19-25)52-41-36-27(21-32(50)39(41)46(37)28-13-9-7-10-14-28)22-33(51)40-42(36)53(43(52)54)35-20-26(24-45(4,5)6)18-31(49)38(35)47(40)29-15-11-8-12-16-29/h7-22H,23-24H2,1-6H3. The van der Waals surface area contributed by atoms with Crippen molar-refractivity contribution < 1.29 is 22.4 Å². The zero-order valence-corrected chi connectivity index (χ0v) is 31.1. The molecule has 0 radical (unpaired) electrons. The van der Waals surface area contributed by atoms with Gasteiger partial charge < -0.3 is 0 Å². The number of anilines is 4. The highest BCUT2D eigenvalue weighted by molar-refractivity contribution is 7.00. The number of benzene rings is 6. The molecule has 0 fully saturated rings. The Labute approximate surface area is 313 Å². The molecule has 9 heteroatoms. The van der Waals surface area contributed by atoms with Gasteiger partial charge in [0.25, 0.3) is 13.4 Å². The molecule has 0 aromatic heterocycles. The molecule has 2 amide bonds. The molecule has 0 bridgehead atoms. The van der Waals surface area contributed by atoms with Crippen molar-refractivity contribution in [1.29, 1.82) is 0 Å². The number of carbonyl (C=O) groups excluding carboxylic acids is 1. The van der Waals surface area contributed by atoms with Crippen LogP contribution in [0.3, 0.4) is 0 Å². The Kier molecular flexibility index (Phi) is 7.56. The largest absolute Gasteiger partial charge is 0.338 e. The molecule has 3 aliphatic heterocycles. The SMILES string of the molecule is CC(C)(C)Cc1cc(F)c2c(c1)N1C(=O)N3c4cc(CC(C)(C)C)cc(F)c4B(c4ccccc4)c4c(F)cc5cc(F)c(c1c5c43)B2c1ccccc1. The molecule has 3 heterocycles. The summed E-state index contributed by atoms with van der Waals surface area (Å²) in [5, 5.41) is 0.719. The molecule has 0 unspecified atom stereocenters. The second kappa shape index (κ2) is 11.8. The molecule has 0 aliphatic carbocycles. The fourth-order valence-corrected chi connectivity index (χ4v) is 9.18. The van der Waals surface area contributed by atoms with Gasteiger partial charge in [-0.25, -0.2) is 22.4 Å². The van der Waals surface area contributed by atoms with Crippen LogP contribution in [-0.4, -0.2) is 19.5 Å². The highest BCUT2D eigenvalue weighted by atomic mass is 19.1. The molecule has 3 nitrogen and oxygen atoms in total. The van der Waals surface area contributed by atoms with Crippen molar-refractivity contribution in [3.63, 3.8) is 0 Å². The molecule has 6 aromatic carbocycles. The summed E-state index contributed by atoms with van der Waals surface area (Å²) in [4.78, 5) is 18.4. The molecule has 0 atom stereocenters. The van der Waals surface area contributed by atoms with Gasteiger partial charge in [-0.3, -0.25) is 9.80 Å². The number of carbonyl (C=O) groups is 1. The predicted octanol–water partition coefficient (Wildman–Crippen LogP) is 7.64. The average molecular weight is 720 g/mol. The van der Waals surface area contributed by atoms with Crippen molar-refractivity contribution in [1.82, 2.24) is 0 Å². The van der Waals surface area contributed by atoms with E-state index in [1.807, 2.05) is 72.8 Å². The lowest BCUT2D eigenvalue weighted by molar-refractivity contribution is 0.255. The third-order valence-electron chi connectivity index (χ3n) is 10.9. The van der Waals surface area contributed by atoms with Crippen LogP contribution in [0.5, 0.6) is 0 Å². The zero-order chi connectivity index (χ0) is 38.0. The molecule has 6 aromatic rings. The van der Waals surface area contributed by atoms with Crippen LogP contribution in [-0.2, 0) is 12.8 Å². The van der Waals surface area contributed by atoms with Gasteiger partial charge >= 0.3 is 6.03 Å². The lowest BCUT2D eigenvalue weighted by Gasteiger charge is -2.46. The minimum absolute atomic E-state index is 0.139. The number of fused-ring (bicyclic) bond motifs is 4. The van der Waals surface area contributed by atoms with Gasteiger partial charge in [0.05, 0.1) is 11.4 Å². The third-order valence-corrected chi connectivity index (χ3v) is 10.9. The molecular formula is C45H38B2F4N2O. The van der Waals surface area contributed by atoms with Crippen molar-refractivity contribution >= 4 is 85.8 Å². The van der Waals surface area contributed by atoms with Gasteiger partial charge in [-0.1, -0.05) is 113 Å². The molecule has 9 rings (SSSR count). The summed E-state index contributed by atoms with van der Waals surface area (Å²) in [6.07, 6.45) is 1.03. The summed E-state index contributed by atoms with van der Waals surface area (Å²) in [6, 6.07) is 26.9. The van der Waals surface area contributed by atoms with E-state index in [1.54, 1.807) is 0 Å². The van der Waals surface area contributed by atoms with E-state index in [9.17, 15) is 0 Å². The van der Waals surface area contributed by atoms with Crippen LogP contribution in [0, 0.1) is 34.1 Å². The van der Waals surface area contributed by atoms with Crippen LogP contribution in [0.2, 0.25) is 0 Å². The summed E-state index contributed by atoms with van der Waals surface area (Å²) in [7, 11) is 0. The topological polar surface area (TPSA) is 23.6 Å². The third kappa shape index (κ3) is 5.22. The van der Waals surface area contributed by atoms with E-state index in [1.165, 1.54) is 34.1 Å². The first kappa shape index (κ1) is 34.5. The highest BCUT2D eigenvalue weighted by Gasteiger charge is 2.51. The summed E-state index contributed by atoms with van der Waals surface area (Å²) >= 11 is 0. The summed E-state index contributed by atoms with van der Waals surface area (Å²) in [5.74, 6) is -2.44. The summed E-state index contributed by atoms with van der Waals surface area (Å²) in [5.41, 5.74) is 3.99. The molecule has 3 aliphatic rings. The van der Waals surface area contributed by atoms with E-state index in [2.05, 4.69) is 41.5 Å². The molecule has 54 heavy (non-hydrogen) atoms. The Bertz CT molecular complexity index is 2390. The number of amides is 2. The second-order valence-electron chi connectivity index (χ2n) is 17.5. The molecule has 0 saturated carbocycles. The van der Waals surface area contributed by atoms with Crippen molar-refractivity contribution in [3.05, 3.63) is 131 Å². The molecule has 268 valence electrons. The maximum atomic E-state index is 16.9. The van der Waals surface area contributed by atoms with Gasteiger partial charge in [-0.15, -0.1) is 0 Å². The second-order valence-corrected chi connectivity index (χ2v) is 17.5. The fraction of sp³-hybridized carbons (Fsp3) is 0.222. The maximum absolute atomic E-state index is 16.9. The number of hydrogen-bond donors (Lipinski definition) is 0. The fourth-order valence-electron chi connectivity index (χ4n) is 9.18. The zero-order valence-electron chi connectivity index (χ0n) is 31.1. The first-order valence-corrected chi connectivity index (χ1v) is 18.5. The van der Waals surface area contributed by atoms with Crippen molar-refractivity contribution in [3.8, 4) is 0 Å². The van der Waals surface area contributed by atoms with Gasteiger partial charge in [-0.05, 0) is 98.4 Å². The van der Waals surface area contributed by atoms with Gasteiger partial charge in [0.1, 0.15) is 23.3 Å². The Morgan fingerprint density at radius 3 is 1.26 bits per heavy atom. The van der Waals surface area contributed by atoms with E-state index in [4.69, 9.17) is 0 Å². The van der Waals surface area contributed by atoms with E-state index in [0.717, 1.165) is 0 Å². The molecule has 0 spiro atoms. The van der Waals surface area contributed by atoms with Crippen LogP contribution in [0.4, 0.5) is 45.1 Å².